The predicted molar refractivity (Wildman–Crippen MR) is 116 cm³/mol. The van der Waals surface area contributed by atoms with Crippen LogP contribution < -0.4 is 10.1 Å². The van der Waals surface area contributed by atoms with Gasteiger partial charge in [0.05, 0.1) is 11.3 Å². The first-order chi connectivity index (χ1) is 16.1. The van der Waals surface area contributed by atoms with Crippen molar-refractivity contribution in [1.82, 2.24) is 4.98 Å². The van der Waals surface area contributed by atoms with Gasteiger partial charge in [-0.3, -0.25) is 9.78 Å². The quantitative estimate of drug-likeness (QED) is 0.436. The molecule has 0 fully saturated rings. The molecule has 1 heterocycles. The maximum Gasteiger partial charge on any atom is 0.490 e. The summed E-state index contributed by atoms with van der Waals surface area (Å²) in [5.74, 6) is -3.33. The van der Waals surface area contributed by atoms with Gasteiger partial charge in [-0.05, 0) is 48.0 Å². The standard InChI is InChI=1S/C21H16N2O4.C2HF3O2/c24-20(9-6-15-10-12-22-13-11-15)23-19-14-17(7-8-18(19)21(25)26)27-16-4-2-1-3-5-16;3-2(4,5)1(6)7/h1-14H,(H,23,24)(H,25,26);(H,6,7). The van der Waals surface area contributed by atoms with Crippen molar-refractivity contribution in [3.63, 3.8) is 0 Å². The Balaban J connectivity index is 0.000000509. The van der Waals surface area contributed by atoms with Gasteiger partial charge in [0.25, 0.3) is 0 Å². The number of carbonyl (C=O) groups is 3. The highest BCUT2D eigenvalue weighted by Gasteiger charge is 2.38. The van der Waals surface area contributed by atoms with E-state index < -0.39 is 24.0 Å². The van der Waals surface area contributed by atoms with Crippen molar-refractivity contribution >= 4 is 29.6 Å². The fourth-order valence-corrected chi connectivity index (χ4v) is 2.32. The van der Waals surface area contributed by atoms with Crippen LogP contribution in [0.1, 0.15) is 15.9 Å². The Hall–Kier alpha value is -4.67. The molecule has 11 heteroatoms. The number of aromatic carboxylic acids is 1. The molecule has 0 aliphatic carbocycles. The van der Waals surface area contributed by atoms with Crippen molar-refractivity contribution in [3.05, 3.63) is 90.3 Å². The number of pyridine rings is 1. The van der Waals surface area contributed by atoms with Crippen LogP contribution in [0.25, 0.3) is 6.08 Å². The van der Waals surface area contributed by atoms with Gasteiger partial charge in [0.1, 0.15) is 11.5 Å². The summed E-state index contributed by atoms with van der Waals surface area (Å²) in [6.45, 7) is 0. The molecule has 0 aliphatic rings. The summed E-state index contributed by atoms with van der Waals surface area (Å²) in [5.41, 5.74) is 0.932. The number of anilines is 1. The zero-order chi connectivity index (χ0) is 25.1. The summed E-state index contributed by atoms with van der Waals surface area (Å²) < 4.78 is 37.4. The number of nitrogens with one attached hydrogen (secondary N) is 1. The number of aromatic nitrogens is 1. The Labute approximate surface area is 191 Å². The zero-order valence-corrected chi connectivity index (χ0v) is 17.2. The predicted octanol–water partition coefficient (Wildman–Crippen LogP) is 4.86. The highest BCUT2D eigenvalue weighted by Crippen LogP contribution is 2.27. The molecule has 0 radical (unpaired) electrons. The molecule has 1 amide bonds. The van der Waals surface area contributed by atoms with Crippen molar-refractivity contribution in [2.45, 2.75) is 6.18 Å². The first kappa shape index (κ1) is 25.6. The molecule has 0 saturated heterocycles. The topological polar surface area (TPSA) is 126 Å². The summed E-state index contributed by atoms with van der Waals surface area (Å²) >= 11 is 0. The van der Waals surface area contributed by atoms with Crippen molar-refractivity contribution in [2.24, 2.45) is 0 Å². The van der Waals surface area contributed by atoms with Gasteiger partial charge in [0.15, 0.2) is 0 Å². The molecule has 2 aromatic carbocycles. The maximum atomic E-state index is 12.2. The molecule has 3 N–H and O–H groups in total. The highest BCUT2D eigenvalue weighted by molar-refractivity contribution is 6.06. The van der Waals surface area contributed by atoms with Gasteiger partial charge in [-0.15, -0.1) is 0 Å². The lowest BCUT2D eigenvalue weighted by Gasteiger charge is -2.11. The molecular weight excluding hydrogens is 457 g/mol. The van der Waals surface area contributed by atoms with Crippen LogP contribution in [0.5, 0.6) is 11.5 Å². The summed E-state index contributed by atoms with van der Waals surface area (Å²) in [5, 5.41) is 19.1. The number of aliphatic carboxylic acids is 1. The molecule has 1 aromatic heterocycles. The third-order valence-electron chi connectivity index (χ3n) is 3.83. The lowest BCUT2D eigenvalue weighted by atomic mass is 10.1. The van der Waals surface area contributed by atoms with Gasteiger partial charge >= 0.3 is 18.1 Å². The molecule has 176 valence electrons. The first-order valence-electron chi connectivity index (χ1n) is 9.35. The second-order valence-corrected chi connectivity index (χ2v) is 6.33. The van der Waals surface area contributed by atoms with E-state index in [9.17, 15) is 27.9 Å². The Kier molecular flexibility index (Phi) is 8.89. The van der Waals surface area contributed by atoms with Gasteiger partial charge in [-0.1, -0.05) is 18.2 Å². The second kappa shape index (κ2) is 11.8. The Morgan fingerprint density at radius 3 is 2.09 bits per heavy atom. The number of ether oxygens (including phenoxy) is 1. The average molecular weight is 474 g/mol. The number of halogens is 3. The molecule has 0 saturated carbocycles. The maximum absolute atomic E-state index is 12.2. The molecule has 8 nitrogen and oxygen atoms in total. The minimum absolute atomic E-state index is 0.0268. The fraction of sp³-hybridized carbons (Fsp3) is 0.0435. The minimum Gasteiger partial charge on any atom is -0.478 e. The van der Waals surface area contributed by atoms with E-state index in [-0.39, 0.29) is 11.3 Å². The molecule has 34 heavy (non-hydrogen) atoms. The molecule has 0 aliphatic heterocycles. The third-order valence-corrected chi connectivity index (χ3v) is 3.83. The van der Waals surface area contributed by atoms with E-state index in [0.717, 1.165) is 5.56 Å². The highest BCUT2D eigenvalue weighted by atomic mass is 19.4. The Morgan fingerprint density at radius 2 is 1.53 bits per heavy atom. The van der Waals surface area contributed by atoms with Crippen molar-refractivity contribution in [2.75, 3.05) is 5.32 Å². The van der Waals surface area contributed by atoms with E-state index in [2.05, 4.69) is 10.3 Å². The average Bonchev–Trinajstić information content (AvgIpc) is 2.79. The van der Waals surface area contributed by atoms with Crippen LogP contribution in [0.4, 0.5) is 18.9 Å². The van der Waals surface area contributed by atoms with Crippen LogP contribution in [-0.2, 0) is 9.59 Å². The molecule has 0 spiro atoms. The number of carbonyl (C=O) groups excluding carboxylic acids is 1. The lowest BCUT2D eigenvalue weighted by Crippen LogP contribution is -2.21. The van der Waals surface area contributed by atoms with Gasteiger partial charge in [-0.25, -0.2) is 9.59 Å². The van der Waals surface area contributed by atoms with Crippen LogP contribution in [0.15, 0.2) is 79.1 Å². The van der Waals surface area contributed by atoms with Gasteiger partial charge in [0.2, 0.25) is 5.91 Å². The SMILES string of the molecule is O=C(C=Cc1ccncc1)Nc1cc(Oc2ccccc2)ccc1C(=O)O.O=C(O)C(F)(F)F. The summed E-state index contributed by atoms with van der Waals surface area (Å²) in [7, 11) is 0. The number of benzene rings is 2. The van der Waals surface area contributed by atoms with Crippen LogP contribution in [-0.4, -0.2) is 39.2 Å². The number of hydrogen-bond donors (Lipinski definition) is 3. The molecule has 3 rings (SSSR count). The summed E-state index contributed by atoms with van der Waals surface area (Å²) in [4.78, 5) is 36.4. The van der Waals surface area contributed by atoms with E-state index in [4.69, 9.17) is 14.6 Å². The number of rotatable bonds is 6. The van der Waals surface area contributed by atoms with Crippen LogP contribution in [0.2, 0.25) is 0 Å². The lowest BCUT2D eigenvalue weighted by molar-refractivity contribution is -0.192. The van der Waals surface area contributed by atoms with Crippen LogP contribution in [0, 0.1) is 0 Å². The number of nitrogens with zero attached hydrogens (tertiary/aromatic N) is 1. The number of para-hydroxylation sites is 1. The normalized spacial score (nSPS) is 10.7. The third kappa shape index (κ3) is 8.46. The molecular formula is C23H17F3N2O6. The summed E-state index contributed by atoms with van der Waals surface area (Å²) in [6.07, 6.45) is 1.09. The van der Waals surface area contributed by atoms with Crippen LogP contribution in [0.3, 0.4) is 0 Å². The van der Waals surface area contributed by atoms with E-state index in [1.807, 2.05) is 18.2 Å². The Morgan fingerprint density at radius 1 is 0.912 bits per heavy atom. The number of amides is 1. The van der Waals surface area contributed by atoms with Gasteiger partial charge in [0, 0.05) is 24.5 Å². The number of carboxylic acid groups (broad SMARTS) is 2. The van der Waals surface area contributed by atoms with E-state index >= 15 is 0 Å². The van der Waals surface area contributed by atoms with Crippen molar-refractivity contribution in [1.29, 1.82) is 0 Å². The van der Waals surface area contributed by atoms with Crippen molar-refractivity contribution in [3.8, 4) is 11.5 Å². The number of alkyl halides is 3. The summed E-state index contributed by atoms with van der Waals surface area (Å²) in [6, 6.07) is 17.0. The second-order valence-electron chi connectivity index (χ2n) is 6.33. The Bertz CT molecular complexity index is 1170. The molecule has 0 bridgehead atoms. The molecule has 0 unspecified atom stereocenters. The first-order valence-corrected chi connectivity index (χ1v) is 9.35. The van der Waals surface area contributed by atoms with Gasteiger partial charge < -0.3 is 20.3 Å². The molecule has 0 atom stereocenters. The smallest absolute Gasteiger partial charge is 0.478 e. The molecule has 3 aromatic rings. The van der Waals surface area contributed by atoms with Gasteiger partial charge in [-0.2, -0.15) is 13.2 Å². The van der Waals surface area contributed by atoms with E-state index in [1.54, 1.807) is 48.8 Å². The number of hydrogen-bond acceptors (Lipinski definition) is 5. The number of carboxylic acids is 2. The largest absolute Gasteiger partial charge is 0.490 e. The zero-order valence-electron chi connectivity index (χ0n) is 17.2. The van der Waals surface area contributed by atoms with E-state index in [0.29, 0.717) is 11.5 Å². The van der Waals surface area contributed by atoms with Crippen LogP contribution >= 0.6 is 0 Å². The minimum atomic E-state index is -5.08. The van der Waals surface area contributed by atoms with E-state index in [1.165, 1.54) is 18.2 Å². The fourth-order valence-electron chi connectivity index (χ4n) is 2.32. The van der Waals surface area contributed by atoms with Crippen molar-refractivity contribution < 1.29 is 42.5 Å². The monoisotopic (exact) mass is 474 g/mol.